The van der Waals surface area contributed by atoms with Gasteiger partial charge in [0.05, 0.1) is 0 Å². The second-order valence-corrected chi connectivity index (χ2v) is 5.09. The first-order valence-corrected chi connectivity index (χ1v) is 6.49. The summed E-state index contributed by atoms with van der Waals surface area (Å²) in [5, 5.41) is 0. The fraction of sp³-hybridized carbons (Fsp3) is 0.571. The first-order valence-electron chi connectivity index (χ1n) is 6.49. The Kier molecular flexibility index (Phi) is 3.27. The van der Waals surface area contributed by atoms with Crippen LogP contribution in [0, 0.1) is 5.82 Å². The minimum Gasteiger partial charge on any atom is -0.353 e. The van der Waals surface area contributed by atoms with Crippen molar-refractivity contribution in [3.8, 4) is 0 Å². The summed E-state index contributed by atoms with van der Waals surface area (Å²) >= 11 is 0. The lowest BCUT2D eigenvalue weighted by Crippen LogP contribution is -2.31. The lowest BCUT2D eigenvalue weighted by molar-refractivity contribution is -0.236. The average molecular weight is 272 g/mol. The Morgan fingerprint density at radius 3 is 2.84 bits per heavy atom. The first-order chi connectivity index (χ1) is 9.06. The minimum absolute atomic E-state index is 0.325. The van der Waals surface area contributed by atoms with Crippen molar-refractivity contribution in [2.75, 3.05) is 6.61 Å². The number of ether oxygens (including phenoxy) is 2. The fourth-order valence-electron chi connectivity index (χ4n) is 2.70. The van der Waals surface area contributed by atoms with E-state index in [1.807, 2.05) is 0 Å². The summed E-state index contributed by atoms with van der Waals surface area (Å²) in [4.78, 5) is 0. The maximum absolute atomic E-state index is 14.0. The summed E-state index contributed by atoms with van der Waals surface area (Å²) in [7, 11) is 0. The second kappa shape index (κ2) is 4.80. The molecule has 19 heavy (non-hydrogen) atoms. The predicted octanol–water partition coefficient (Wildman–Crippen LogP) is 3.60. The quantitative estimate of drug-likeness (QED) is 0.819. The Bertz CT molecular complexity index is 470. The summed E-state index contributed by atoms with van der Waals surface area (Å²) in [6, 6.07) is 3.74. The van der Waals surface area contributed by atoms with E-state index in [9.17, 15) is 13.2 Å². The third-order valence-corrected chi connectivity index (χ3v) is 3.62. The largest absolute Gasteiger partial charge is 0.353 e. The van der Waals surface area contributed by atoms with E-state index in [1.54, 1.807) is 0 Å². The SMILES string of the molecule is Fc1ccc2c(c1)CC(F)(F)C2OC1CCCCO1. The van der Waals surface area contributed by atoms with E-state index >= 15 is 0 Å². The van der Waals surface area contributed by atoms with Crippen LogP contribution in [-0.2, 0) is 15.9 Å². The van der Waals surface area contributed by atoms with Gasteiger partial charge < -0.3 is 9.47 Å². The van der Waals surface area contributed by atoms with E-state index < -0.39 is 30.6 Å². The van der Waals surface area contributed by atoms with Crippen molar-refractivity contribution in [2.45, 2.75) is 44.0 Å². The third-order valence-electron chi connectivity index (χ3n) is 3.62. The number of halogens is 3. The highest BCUT2D eigenvalue weighted by Crippen LogP contribution is 2.46. The zero-order valence-corrected chi connectivity index (χ0v) is 10.4. The van der Waals surface area contributed by atoms with Crippen LogP contribution in [0.15, 0.2) is 18.2 Å². The molecule has 0 spiro atoms. The molecule has 1 aromatic rings. The van der Waals surface area contributed by atoms with E-state index in [4.69, 9.17) is 9.47 Å². The highest BCUT2D eigenvalue weighted by Gasteiger charge is 2.49. The molecule has 5 heteroatoms. The van der Waals surface area contributed by atoms with Crippen molar-refractivity contribution in [2.24, 2.45) is 0 Å². The zero-order chi connectivity index (χ0) is 13.5. The van der Waals surface area contributed by atoms with Gasteiger partial charge in [0.1, 0.15) is 11.9 Å². The van der Waals surface area contributed by atoms with Gasteiger partial charge in [-0.1, -0.05) is 6.07 Å². The van der Waals surface area contributed by atoms with E-state index in [0.29, 0.717) is 24.2 Å². The summed E-state index contributed by atoms with van der Waals surface area (Å²) in [6.07, 6.45) is 0.0922. The lowest BCUT2D eigenvalue weighted by atomic mass is 10.1. The van der Waals surface area contributed by atoms with Gasteiger partial charge in [0.25, 0.3) is 5.92 Å². The van der Waals surface area contributed by atoms with E-state index in [-0.39, 0.29) is 0 Å². The Labute approximate surface area is 109 Å². The number of hydrogen-bond acceptors (Lipinski definition) is 2. The number of hydrogen-bond donors (Lipinski definition) is 0. The minimum atomic E-state index is -3.00. The molecular weight excluding hydrogens is 257 g/mol. The zero-order valence-electron chi connectivity index (χ0n) is 10.4. The molecule has 1 saturated heterocycles. The molecule has 1 aliphatic carbocycles. The van der Waals surface area contributed by atoms with Crippen LogP contribution < -0.4 is 0 Å². The van der Waals surface area contributed by atoms with Crippen LogP contribution in [0.25, 0.3) is 0 Å². The third kappa shape index (κ3) is 2.49. The van der Waals surface area contributed by atoms with Crippen LogP contribution in [0.3, 0.4) is 0 Å². The van der Waals surface area contributed by atoms with Gasteiger partial charge in [0.15, 0.2) is 6.29 Å². The monoisotopic (exact) mass is 272 g/mol. The van der Waals surface area contributed by atoms with Gasteiger partial charge in [-0.05, 0) is 42.5 Å². The van der Waals surface area contributed by atoms with Gasteiger partial charge in [0.2, 0.25) is 0 Å². The van der Waals surface area contributed by atoms with Crippen molar-refractivity contribution in [3.05, 3.63) is 35.1 Å². The topological polar surface area (TPSA) is 18.5 Å². The molecule has 1 aliphatic heterocycles. The van der Waals surface area contributed by atoms with Crippen LogP contribution in [0.5, 0.6) is 0 Å². The molecule has 0 N–H and O–H groups in total. The fourth-order valence-corrected chi connectivity index (χ4v) is 2.70. The normalized spacial score (nSPS) is 29.2. The van der Waals surface area contributed by atoms with E-state index in [0.717, 1.165) is 18.9 Å². The molecule has 0 bridgehead atoms. The van der Waals surface area contributed by atoms with Crippen molar-refractivity contribution >= 4 is 0 Å². The van der Waals surface area contributed by atoms with Crippen molar-refractivity contribution in [1.82, 2.24) is 0 Å². The Balaban J connectivity index is 1.83. The number of rotatable bonds is 2. The van der Waals surface area contributed by atoms with Crippen LogP contribution in [0.4, 0.5) is 13.2 Å². The van der Waals surface area contributed by atoms with E-state index in [1.165, 1.54) is 12.1 Å². The molecule has 2 atom stereocenters. The molecule has 0 aromatic heterocycles. The first kappa shape index (κ1) is 12.9. The molecular formula is C14H15F3O2. The molecule has 0 amide bonds. The summed E-state index contributed by atoms with van der Waals surface area (Å²) in [5.74, 6) is -3.50. The van der Waals surface area contributed by atoms with Gasteiger partial charge in [-0.15, -0.1) is 0 Å². The maximum Gasteiger partial charge on any atom is 0.281 e. The molecule has 1 aromatic carbocycles. The number of fused-ring (bicyclic) bond motifs is 1. The highest BCUT2D eigenvalue weighted by atomic mass is 19.3. The van der Waals surface area contributed by atoms with Crippen molar-refractivity contribution in [1.29, 1.82) is 0 Å². The van der Waals surface area contributed by atoms with Crippen LogP contribution in [0.2, 0.25) is 0 Å². The van der Waals surface area contributed by atoms with Crippen LogP contribution in [-0.4, -0.2) is 18.8 Å². The van der Waals surface area contributed by atoms with Gasteiger partial charge in [-0.25, -0.2) is 13.2 Å². The molecule has 2 unspecified atom stereocenters. The van der Waals surface area contributed by atoms with Crippen molar-refractivity contribution in [3.63, 3.8) is 0 Å². The molecule has 104 valence electrons. The number of benzene rings is 1. The molecule has 2 nitrogen and oxygen atoms in total. The Morgan fingerprint density at radius 1 is 1.26 bits per heavy atom. The molecule has 0 radical (unpaired) electrons. The molecule has 0 saturated carbocycles. The predicted molar refractivity (Wildman–Crippen MR) is 62.5 cm³/mol. The van der Waals surface area contributed by atoms with Gasteiger partial charge in [-0.3, -0.25) is 0 Å². The second-order valence-electron chi connectivity index (χ2n) is 5.09. The van der Waals surface area contributed by atoms with Gasteiger partial charge >= 0.3 is 0 Å². The maximum atomic E-state index is 14.0. The standard InChI is InChI=1S/C14H15F3O2/c15-10-4-5-11-9(7-10)8-14(16,17)13(11)19-12-3-1-2-6-18-12/h4-5,7,12-13H,1-3,6,8H2. The van der Waals surface area contributed by atoms with Gasteiger partial charge in [-0.2, -0.15) is 0 Å². The lowest BCUT2D eigenvalue weighted by Gasteiger charge is -2.29. The highest BCUT2D eigenvalue weighted by molar-refractivity contribution is 5.37. The van der Waals surface area contributed by atoms with E-state index in [2.05, 4.69) is 0 Å². The van der Waals surface area contributed by atoms with Crippen molar-refractivity contribution < 1.29 is 22.6 Å². The Hall–Kier alpha value is -1.07. The van der Waals surface area contributed by atoms with Crippen LogP contribution in [0.1, 0.15) is 36.5 Å². The molecule has 1 fully saturated rings. The van der Waals surface area contributed by atoms with Gasteiger partial charge in [0, 0.05) is 13.0 Å². The summed E-state index contributed by atoms with van der Waals surface area (Å²) in [5.41, 5.74) is 0.700. The average Bonchev–Trinajstić information content (AvgIpc) is 2.61. The summed E-state index contributed by atoms with van der Waals surface area (Å²) < 4.78 is 51.8. The summed E-state index contributed by atoms with van der Waals surface area (Å²) in [6.45, 7) is 0.541. The molecule has 3 rings (SSSR count). The number of alkyl halides is 2. The molecule has 2 aliphatic rings. The molecule has 1 heterocycles. The van der Waals surface area contributed by atoms with Crippen LogP contribution >= 0.6 is 0 Å². The Morgan fingerprint density at radius 2 is 2.11 bits per heavy atom. The smallest absolute Gasteiger partial charge is 0.281 e.